The van der Waals surface area contributed by atoms with Crippen molar-refractivity contribution in [1.82, 2.24) is 5.32 Å². The Hall–Kier alpha value is -1.67. The lowest BCUT2D eigenvalue weighted by Crippen LogP contribution is -1.96. The molecule has 1 nitrogen and oxygen atoms in total. The van der Waals surface area contributed by atoms with Gasteiger partial charge in [-0.3, -0.25) is 0 Å². The molecule has 0 bridgehead atoms. The van der Waals surface area contributed by atoms with Crippen LogP contribution in [-0.2, 0) is 6.42 Å². The Morgan fingerprint density at radius 2 is 1.79 bits per heavy atom. The van der Waals surface area contributed by atoms with E-state index in [1.54, 1.807) is 12.1 Å². The number of aryl methyl sites for hydroxylation is 1. The summed E-state index contributed by atoms with van der Waals surface area (Å²) in [6, 6.07) is 15.5. The Balaban J connectivity index is 0.000000408. The highest BCUT2D eigenvalue weighted by Crippen LogP contribution is 2.37. The molecule has 1 aliphatic carbocycles. The SMILES string of the molecule is CNC.Fc1cccc(C2CCc3ccccc32)c1. The molecular weight excluding hydrogens is 237 g/mol. The largest absolute Gasteiger partial charge is 0.323 e. The van der Waals surface area contributed by atoms with E-state index in [0.717, 1.165) is 18.4 Å². The summed E-state index contributed by atoms with van der Waals surface area (Å²) in [7, 11) is 3.75. The summed E-state index contributed by atoms with van der Waals surface area (Å²) in [5, 5.41) is 2.75. The predicted molar refractivity (Wildman–Crippen MR) is 78.0 cm³/mol. The molecule has 0 saturated heterocycles. The highest BCUT2D eigenvalue weighted by Gasteiger charge is 2.23. The third-order valence-electron chi connectivity index (χ3n) is 3.38. The number of rotatable bonds is 1. The van der Waals surface area contributed by atoms with Crippen LogP contribution in [0.25, 0.3) is 0 Å². The molecular formula is C17H20FN. The Bertz CT molecular complexity index is 536. The fraction of sp³-hybridized carbons (Fsp3) is 0.294. The molecule has 2 aromatic carbocycles. The van der Waals surface area contributed by atoms with Gasteiger partial charge in [-0.25, -0.2) is 4.39 Å². The maximum Gasteiger partial charge on any atom is 0.123 e. The van der Waals surface area contributed by atoms with Crippen LogP contribution >= 0.6 is 0 Å². The smallest absolute Gasteiger partial charge is 0.123 e. The summed E-state index contributed by atoms with van der Waals surface area (Å²) in [6.45, 7) is 0. The number of hydrogen-bond acceptors (Lipinski definition) is 1. The second kappa shape index (κ2) is 6.48. The number of hydrogen-bond donors (Lipinski definition) is 1. The molecule has 0 aliphatic heterocycles. The van der Waals surface area contributed by atoms with Crippen molar-refractivity contribution < 1.29 is 4.39 Å². The quantitative estimate of drug-likeness (QED) is 0.820. The molecule has 19 heavy (non-hydrogen) atoms. The number of fused-ring (bicyclic) bond motifs is 1. The lowest BCUT2D eigenvalue weighted by Gasteiger charge is -2.11. The average molecular weight is 257 g/mol. The average Bonchev–Trinajstić information content (AvgIpc) is 2.83. The maximum absolute atomic E-state index is 13.2. The van der Waals surface area contributed by atoms with E-state index in [2.05, 4.69) is 29.6 Å². The van der Waals surface area contributed by atoms with Crippen LogP contribution < -0.4 is 5.32 Å². The molecule has 2 heteroatoms. The van der Waals surface area contributed by atoms with Crippen molar-refractivity contribution in [3.63, 3.8) is 0 Å². The zero-order valence-corrected chi connectivity index (χ0v) is 11.5. The van der Waals surface area contributed by atoms with Gasteiger partial charge in [0.25, 0.3) is 0 Å². The van der Waals surface area contributed by atoms with Crippen molar-refractivity contribution in [2.75, 3.05) is 14.1 Å². The number of nitrogens with one attached hydrogen (secondary N) is 1. The van der Waals surface area contributed by atoms with E-state index >= 15 is 0 Å². The van der Waals surface area contributed by atoms with E-state index in [0.29, 0.717) is 5.92 Å². The first-order chi connectivity index (χ1) is 9.26. The standard InChI is InChI=1S/C15H13F.C2H7N/c16-13-6-3-5-12(10-13)15-9-8-11-4-1-2-7-14(11)15;1-3-2/h1-7,10,15H,8-9H2;3H,1-2H3. The van der Waals surface area contributed by atoms with E-state index in [-0.39, 0.29) is 5.82 Å². The van der Waals surface area contributed by atoms with Crippen LogP contribution in [0.1, 0.15) is 29.0 Å². The highest BCUT2D eigenvalue weighted by molar-refractivity contribution is 5.41. The van der Waals surface area contributed by atoms with Crippen molar-refractivity contribution in [2.24, 2.45) is 0 Å². The molecule has 1 aliphatic rings. The van der Waals surface area contributed by atoms with Gasteiger partial charge in [-0.2, -0.15) is 0 Å². The molecule has 0 heterocycles. The first kappa shape index (κ1) is 13.8. The van der Waals surface area contributed by atoms with Gasteiger partial charge >= 0.3 is 0 Å². The fourth-order valence-corrected chi connectivity index (χ4v) is 2.63. The summed E-state index contributed by atoms with van der Waals surface area (Å²) in [4.78, 5) is 0. The lowest BCUT2D eigenvalue weighted by atomic mass is 9.93. The molecule has 1 N–H and O–H groups in total. The normalized spacial score (nSPS) is 16.5. The minimum Gasteiger partial charge on any atom is -0.323 e. The van der Waals surface area contributed by atoms with Crippen LogP contribution in [0, 0.1) is 5.82 Å². The molecule has 0 amide bonds. The van der Waals surface area contributed by atoms with Crippen LogP contribution in [0.3, 0.4) is 0 Å². The highest BCUT2D eigenvalue weighted by atomic mass is 19.1. The summed E-state index contributed by atoms with van der Waals surface area (Å²) < 4.78 is 13.2. The first-order valence-electron chi connectivity index (χ1n) is 6.68. The first-order valence-corrected chi connectivity index (χ1v) is 6.68. The van der Waals surface area contributed by atoms with Crippen molar-refractivity contribution in [1.29, 1.82) is 0 Å². The Morgan fingerprint density at radius 1 is 1.05 bits per heavy atom. The number of halogens is 1. The van der Waals surface area contributed by atoms with Crippen LogP contribution in [0.2, 0.25) is 0 Å². The molecule has 2 aromatic rings. The van der Waals surface area contributed by atoms with E-state index < -0.39 is 0 Å². The van der Waals surface area contributed by atoms with Gasteiger partial charge in [-0.05, 0) is 55.8 Å². The summed E-state index contributed by atoms with van der Waals surface area (Å²) in [5.41, 5.74) is 3.88. The molecule has 3 rings (SSSR count). The molecule has 0 aromatic heterocycles. The van der Waals surface area contributed by atoms with Crippen LogP contribution in [0.4, 0.5) is 4.39 Å². The number of benzene rings is 2. The van der Waals surface area contributed by atoms with E-state index in [4.69, 9.17) is 0 Å². The van der Waals surface area contributed by atoms with Gasteiger partial charge in [0.1, 0.15) is 5.82 Å². The summed E-state index contributed by atoms with van der Waals surface area (Å²) in [6.07, 6.45) is 2.21. The fourth-order valence-electron chi connectivity index (χ4n) is 2.63. The molecule has 1 unspecified atom stereocenters. The zero-order valence-electron chi connectivity index (χ0n) is 11.5. The molecule has 100 valence electrons. The third kappa shape index (κ3) is 3.21. The summed E-state index contributed by atoms with van der Waals surface area (Å²) in [5.74, 6) is 0.244. The molecule has 0 saturated carbocycles. The second-order valence-electron chi connectivity index (χ2n) is 4.85. The van der Waals surface area contributed by atoms with Gasteiger partial charge in [-0.1, -0.05) is 36.4 Å². The van der Waals surface area contributed by atoms with Gasteiger partial charge in [0.15, 0.2) is 0 Å². The van der Waals surface area contributed by atoms with E-state index in [1.165, 1.54) is 17.2 Å². The summed E-state index contributed by atoms with van der Waals surface area (Å²) >= 11 is 0. The molecule has 1 atom stereocenters. The minimum absolute atomic E-state index is 0.137. The van der Waals surface area contributed by atoms with Gasteiger partial charge in [0, 0.05) is 5.92 Å². The van der Waals surface area contributed by atoms with Crippen molar-refractivity contribution in [3.8, 4) is 0 Å². The Morgan fingerprint density at radius 3 is 2.53 bits per heavy atom. The Kier molecular flexibility index (Phi) is 4.69. The van der Waals surface area contributed by atoms with Crippen molar-refractivity contribution in [2.45, 2.75) is 18.8 Å². The molecule has 0 spiro atoms. The van der Waals surface area contributed by atoms with E-state index in [9.17, 15) is 4.39 Å². The van der Waals surface area contributed by atoms with Crippen molar-refractivity contribution >= 4 is 0 Å². The zero-order chi connectivity index (χ0) is 13.7. The topological polar surface area (TPSA) is 12.0 Å². The van der Waals surface area contributed by atoms with E-state index in [1.807, 2.05) is 20.2 Å². The molecule has 0 radical (unpaired) electrons. The van der Waals surface area contributed by atoms with Crippen molar-refractivity contribution in [3.05, 3.63) is 71.0 Å². The van der Waals surface area contributed by atoms with Crippen LogP contribution in [-0.4, -0.2) is 14.1 Å². The van der Waals surface area contributed by atoms with Gasteiger partial charge in [-0.15, -0.1) is 0 Å². The lowest BCUT2D eigenvalue weighted by molar-refractivity contribution is 0.622. The monoisotopic (exact) mass is 257 g/mol. The van der Waals surface area contributed by atoms with Crippen LogP contribution in [0.5, 0.6) is 0 Å². The Labute approximate surface area is 114 Å². The molecule has 0 fully saturated rings. The minimum atomic E-state index is -0.137. The maximum atomic E-state index is 13.2. The third-order valence-corrected chi connectivity index (χ3v) is 3.38. The predicted octanol–water partition coefficient (Wildman–Crippen LogP) is 3.74. The van der Waals surface area contributed by atoms with Gasteiger partial charge in [0.2, 0.25) is 0 Å². The van der Waals surface area contributed by atoms with Gasteiger partial charge < -0.3 is 5.32 Å². The van der Waals surface area contributed by atoms with Crippen LogP contribution in [0.15, 0.2) is 48.5 Å². The second-order valence-corrected chi connectivity index (χ2v) is 4.85. The van der Waals surface area contributed by atoms with Gasteiger partial charge in [0.05, 0.1) is 0 Å².